The SMILES string of the molecule is Cc1oc2ncnc(NC3(C)CC3)c2c1C(=O)NCc1nnn(C)n1. The molecule has 0 spiro atoms. The lowest BCUT2D eigenvalue weighted by Gasteiger charge is -2.13. The van der Waals surface area contributed by atoms with Crippen LogP contribution in [0.4, 0.5) is 5.82 Å². The first-order valence-electron chi connectivity index (χ1n) is 7.98. The maximum absolute atomic E-state index is 12.7. The van der Waals surface area contributed by atoms with Gasteiger partial charge >= 0.3 is 0 Å². The van der Waals surface area contributed by atoms with Gasteiger partial charge in [-0.25, -0.2) is 9.97 Å². The number of aromatic nitrogens is 6. The zero-order valence-electron chi connectivity index (χ0n) is 14.2. The molecule has 0 bridgehead atoms. The molecule has 0 unspecified atom stereocenters. The van der Waals surface area contributed by atoms with Crippen molar-refractivity contribution in [2.45, 2.75) is 38.8 Å². The van der Waals surface area contributed by atoms with Crippen LogP contribution < -0.4 is 10.6 Å². The molecule has 2 N–H and O–H groups in total. The minimum Gasteiger partial charge on any atom is -0.442 e. The Labute approximate surface area is 143 Å². The van der Waals surface area contributed by atoms with Crippen LogP contribution >= 0.6 is 0 Å². The van der Waals surface area contributed by atoms with E-state index in [1.807, 2.05) is 0 Å². The number of amides is 1. The Kier molecular flexibility index (Phi) is 3.41. The summed E-state index contributed by atoms with van der Waals surface area (Å²) < 4.78 is 5.65. The lowest BCUT2D eigenvalue weighted by molar-refractivity contribution is 0.0949. The van der Waals surface area contributed by atoms with Gasteiger partial charge in [0.1, 0.15) is 17.9 Å². The molecule has 0 radical (unpaired) electrons. The Morgan fingerprint density at radius 3 is 2.88 bits per heavy atom. The molecule has 3 heterocycles. The molecule has 10 nitrogen and oxygen atoms in total. The van der Waals surface area contributed by atoms with Gasteiger partial charge in [-0.3, -0.25) is 4.79 Å². The summed E-state index contributed by atoms with van der Waals surface area (Å²) in [5.41, 5.74) is 0.831. The average Bonchev–Trinajstić information content (AvgIpc) is 2.99. The number of aryl methyl sites for hydroxylation is 2. The molecule has 130 valence electrons. The highest BCUT2D eigenvalue weighted by atomic mass is 16.3. The fraction of sp³-hybridized carbons (Fsp3) is 0.467. The maximum Gasteiger partial charge on any atom is 0.256 e. The van der Waals surface area contributed by atoms with Crippen LogP contribution in [0.15, 0.2) is 10.7 Å². The molecule has 4 rings (SSSR count). The Morgan fingerprint density at radius 1 is 1.40 bits per heavy atom. The number of carbonyl (C=O) groups is 1. The summed E-state index contributed by atoms with van der Waals surface area (Å²) in [4.78, 5) is 22.5. The van der Waals surface area contributed by atoms with Gasteiger partial charge in [-0.1, -0.05) is 0 Å². The van der Waals surface area contributed by atoms with Crippen molar-refractivity contribution in [1.29, 1.82) is 0 Å². The minimum absolute atomic E-state index is 0.0176. The van der Waals surface area contributed by atoms with E-state index in [2.05, 4.69) is 42.9 Å². The van der Waals surface area contributed by atoms with E-state index in [4.69, 9.17) is 4.42 Å². The quantitative estimate of drug-likeness (QED) is 0.702. The lowest BCUT2D eigenvalue weighted by Crippen LogP contribution is -2.24. The van der Waals surface area contributed by atoms with Gasteiger partial charge in [0.25, 0.3) is 5.91 Å². The van der Waals surface area contributed by atoms with Crippen molar-refractivity contribution < 1.29 is 9.21 Å². The predicted molar refractivity (Wildman–Crippen MR) is 87.8 cm³/mol. The molecule has 0 aromatic carbocycles. The van der Waals surface area contributed by atoms with E-state index >= 15 is 0 Å². The van der Waals surface area contributed by atoms with Gasteiger partial charge in [0.05, 0.1) is 24.5 Å². The van der Waals surface area contributed by atoms with Crippen molar-refractivity contribution in [3.05, 3.63) is 23.5 Å². The van der Waals surface area contributed by atoms with E-state index in [-0.39, 0.29) is 18.0 Å². The van der Waals surface area contributed by atoms with Gasteiger partial charge in [0.15, 0.2) is 5.82 Å². The lowest BCUT2D eigenvalue weighted by atomic mass is 10.1. The van der Waals surface area contributed by atoms with Crippen LogP contribution in [0.2, 0.25) is 0 Å². The van der Waals surface area contributed by atoms with Crippen molar-refractivity contribution in [3.63, 3.8) is 0 Å². The standard InChI is InChI=1S/C15H18N8O2/c1-8-10(13(24)16-6-9-20-22-23(3)21-9)11-12(19-15(2)4-5-15)17-7-18-14(11)25-8/h7H,4-6H2,1-3H3,(H,16,24)(H,17,18,19). The number of rotatable bonds is 5. The molecule has 3 aromatic rings. The number of nitrogens with one attached hydrogen (secondary N) is 2. The van der Waals surface area contributed by atoms with Crippen molar-refractivity contribution in [2.75, 3.05) is 5.32 Å². The van der Waals surface area contributed by atoms with Gasteiger partial charge < -0.3 is 15.1 Å². The first-order chi connectivity index (χ1) is 12.0. The van der Waals surface area contributed by atoms with E-state index in [1.165, 1.54) is 11.1 Å². The second kappa shape index (κ2) is 5.50. The molecule has 0 atom stereocenters. The van der Waals surface area contributed by atoms with Gasteiger partial charge in [-0.2, -0.15) is 4.80 Å². The number of hydrogen-bond acceptors (Lipinski definition) is 8. The number of furan rings is 1. The van der Waals surface area contributed by atoms with Gasteiger partial charge in [-0.15, -0.1) is 10.2 Å². The number of nitrogens with zero attached hydrogens (tertiary/aromatic N) is 6. The summed E-state index contributed by atoms with van der Waals surface area (Å²) >= 11 is 0. The molecular formula is C15H18N8O2. The number of carbonyl (C=O) groups excluding carboxylic acids is 1. The van der Waals surface area contributed by atoms with E-state index in [9.17, 15) is 4.79 Å². The first-order valence-corrected chi connectivity index (χ1v) is 7.98. The molecule has 1 amide bonds. The highest BCUT2D eigenvalue weighted by molar-refractivity contribution is 6.10. The van der Waals surface area contributed by atoms with Crippen LogP contribution in [0.5, 0.6) is 0 Å². The minimum atomic E-state index is -0.289. The number of fused-ring (bicyclic) bond motifs is 1. The monoisotopic (exact) mass is 342 g/mol. The molecule has 0 saturated heterocycles. The Hall–Kier alpha value is -3.04. The number of anilines is 1. The Bertz CT molecular complexity index is 956. The molecule has 10 heteroatoms. The van der Waals surface area contributed by atoms with Gasteiger partial charge in [0.2, 0.25) is 5.71 Å². The molecule has 25 heavy (non-hydrogen) atoms. The van der Waals surface area contributed by atoms with E-state index in [0.29, 0.717) is 34.1 Å². The van der Waals surface area contributed by atoms with Crippen molar-refractivity contribution in [1.82, 2.24) is 35.5 Å². The Balaban J connectivity index is 1.65. The normalized spacial score (nSPS) is 15.3. The smallest absolute Gasteiger partial charge is 0.256 e. The summed E-state index contributed by atoms with van der Waals surface area (Å²) in [5.74, 6) is 1.25. The summed E-state index contributed by atoms with van der Waals surface area (Å²) in [6, 6.07) is 0. The third kappa shape index (κ3) is 2.90. The van der Waals surface area contributed by atoms with Crippen LogP contribution in [-0.2, 0) is 13.6 Å². The fourth-order valence-electron chi connectivity index (χ4n) is 2.65. The van der Waals surface area contributed by atoms with Crippen LogP contribution in [0.1, 0.15) is 41.7 Å². The largest absolute Gasteiger partial charge is 0.442 e. The summed E-state index contributed by atoms with van der Waals surface area (Å²) in [6.07, 6.45) is 3.56. The van der Waals surface area contributed by atoms with E-state index in [0.717, 1.165) is 12.8 Å². The second-order valence-corrected chi connectivity index (χ2v) is 6.50. The maximum atomic E-state index is 12.7. The molecule has 1 fully saturated rings. The van der Waals surface area contributed by atoms with E-state index in [1.54, 1.807) is 14.0 Å². The van der Waals surface area contributed by atoms with Crippen molar-refractivity contribution in [2.24, 2.45) is 7.05 Å². The first kappa shape index (κ1) is 15.5. The zero-order chi connectivity index (χ0) is 17.6. The molecule has 1 saturated carbocycles. The summed E-state index contributed by atoms with van der Waals surface area (Å²) in [7, 11) is 1.67. The van der Waals surface area contributed by atoms with Crippen LogP contribution in [-0.4, -0.2) is 41.6 Å². The molecular weight excluding hydrogens is 324 g/mol. The van der Waals surface area contributed by atoms with Crippen molar-refractivity contribution >= 4 is 22.8 Å². The van der Waals surface area contributed by atoms with Gasteiger partial charge in [-0.05, 0) is 31.9 Å². The van der Waals surface area contributed by atoms with Gasteiger partial charge in [0, 0.05) is 5.54 Å². The van der Waals surface area contributed by atoms with Crippen LogP contribution in [0, 0.1) is 6.92 Å². The molecule has 1 aliphatic rings. The second-order valence-electron chi connectivity index (χ2n) is 6.50. The predicted octanol–water partition coefficient (Wildman–Crippen LogP) is 0.949. The number of hydrogen-bond donors (Lipinski definition) is 2. The van der Waals surface area contributed by atoms with Crippen LogP contribution in [0.25, 0.3) is 11.1 Å². The van der Waals surface area contributed by atoms with Crippen molar-refractivity contribution in [3.8, 4) is 0 Å². The fourth-order valence-corrected chi connectivity index (χ4v) is 2.65. The van der Waals surface area contributed by atoms with Crippen LogP contribution in [0.3, 0.4) is 0 Å². The highest BCUT2D eigenvalue weighted by Crippen LogP contribution is 2.40. The van der Waals surface area contributed by atoms with E-state index < -0.39 is 0 Å². The summed E-state index contributed by atoms with van der Waals surface area (Å²) in [5, 5.41) is 18.4. The molecule has 3 aromatic heterocycles. The topological polar surface area (TPSA) is 124 Å². The summed E-state index contributed by atoms with van der Waals surface area (Å²) in [6.45, 7) is 4.03. The molecule has 1 aliphatic carbocycles. The highest BCUT2D eigenvalue weighted by Gasteiger charge is 2.38. The number of tetrazole rings is 1. The zero-order valence-corrected chi connectivity index (χ0v) is 14.2. The Morgan fingerprint density at radius 2 is 2.20 bits per heavy atom. The third-order valence-corrected chi connectivity index (χ3v) is 4.27. The molecule has 0 aliphatic heterocycles. The average molecular weight is 342 g/mol. The third-order valence-electron chi connectivity index (χ3n) is 4.27.